The molecule has 2 atom stereocenters. The molecule has 0 aromatic heterocycles. The maximum absolute atomic E-state index is 12.3. The Balaban J connectivity index is 3.52. The van der Waals surface area contributed by atoms with Crippen LogP contribution in [0.5, 0.6) is 0 Å². The summed E-state index contributed by atoms with van der Waals surface area (Å²) < 4.78 is 5.42. The van der Waals surface area contributed by atoms with Crippen LogP contribution >= 0.6 is 0 Å². The summed E-state index contributed by atoms with van der Waals surface area (Å²) in [4.78, 5) is 24.3. The Kier molecular flexibility index (Phi) is 36.3. The molecule has 1 amide bonds. The first-order chi connectivity index (χ1) is 23.0. The van der Waals surface area contributed by atoms with Gasteiger partial charge in [0.2, 0.25) is 5.91 Å². The highest BCUT2D eigenvalue weighted by atomic mass is 16.5. The molecular formula is C41H79NO5. The van der Waals surface area contributed by atoms with E-state index in [1.54, 1.807) is 6.08 Å². The SMILES string of the molecule is CCCCCCCCC/C=C/C(O)C(CO)NC(=O)CCCCCCCCCCCOC(=O)CCCCCCCCCCCCCC. The van der Waals surface area contributed by atoms with Gasteiger partial charge in [-0.25, -0.2) is 0 Å². The van der Waals surface area contributed by atoms with E-state index in [1.807, 2.05) is 6.08 Å². The number of rotatable bonds is 37. The molecule has 3 N–H and O–H groups in total. The first-order valence-corrected chi connectivity index (χ1v) is 20.5. The molecule has 2 unspecified atom stereocenters. The minimum Gasteiger partial charge on any atom is -0.466 e. The third kappa shape index (κ3) is 34.3. The number of esters is 1. The third-order valence-electron chi connectivity index (χ3n) is 9.31. The number of allylic oxidation sites excluding steroid dienone is 1. The molecule has 0 aliphatic rings. The van der Waals surface area contributed by atoms with Crippen LogP contribution in [-0.4, -0.2) is 47.4 Å². The van der Waals surface area contributed by atoms with E-state index >= 15 is 0 Å². The Morgan fingerprint density at radius 2 is 0.979 bits per heavy atom. The molecular weight excluding hydrogens is 586 g/mol. The lowest BCUT2D eigenvalue weighted by Crippen LogP contribution is -2.45. The lowest BCUT2D eigenvalue weighted by Gasteiger charge is -2.20. The van der Waals surface area contributed by atoms with Crippen LogP contribution in [0, 0.1) is 0 Å². The molecule has 0 radical (unpaired) electrons. The second-order valence-corrected chi connectivity index (χ2v) is 14.0. The van der Waals surface area contributed by atoms with E-state index in [2.05, 4.69) is 19.2 Å². The smallest absolute Gasteiger partial charge is 0.305 e. The van der Waals surface area contributed by atoms with Crippen molar-refractivity contribution >= 4 is 11.9 Å². The zero-order valence-electron chi connectivity index (χ0n) is 31.3. The van der Waals surface area contributed by atoms with Gasteiger partial charge in [0.05, 0.1) is 25.4 Å². The van der Waals surface area contributed by atoms with Gasteiger partial charge in [0.25, 0.3) is 0 Å². The Hall–Kier alpha value is -1.40. The zero-order valence-corrected chi connectivity index (χ0v) is 31.3. The van der Waals surface area contributed by atoms with Crippen LogP contribution in [0.4, 0.5) is 0 Å². The predicted octanol–water partition coefficient (Wildman–Crippen LogP) is 11.1. The molecule has 0 saturated carbocycles. The van der Waals surface area contributed by atoms with Gasteiger partial charge < -0.3 is 20.3 Å². The summed E-state index contributed by atoms with van der Waals surface area (Å²) in [5.74, 6) is -0.127. The Morgan fingerprint density at radius 1 is 0.574 bits per heavy atom. The normalized spacial score (nSPS) is 12.9. The summed E-state index contributed by atoms with van der Waals surface area (Å²) in [6.45, 7) is 4.79. The van der Waals surface area contributed by atoms with Gasteiger partial charge in [-0.2, -0.15) is 0 Å². The second-order valence-electron chi connectivity index (χ2n) is 14.0. The molecule has 0 spiro atoms. The fourth-order valence-corrected chi connectivity index (χ4v) is 6.10. The third-order valence-corrected chi connectivity index (χ3v) is 9.31. The number of carbonyl (C=O) groups excluding carboxylic acids is 2. The van der Waals surface area contributed by atoms with Gasteiger partial charge in [-0.15, -0.1) is 0 Å². The average molecular weight is 666 g/mol. The second kappa shape index (κ2) is 37.4. The topological polar surface area (TPSA) is 95.9 Å². The summed E-state index contributed by atoms with van der Waals surface area (Å²) >= 11 is 0. The molecule has 0 aliphatic carbocycles. The minimum atomic E-state index is -0.857. The summed E-state index contributed by atoms with van der Waals surface area (Å²) in [6, 6.07) is -0.643. The molecule has 0 rings (SSSR count). The number of hydrogen-bond donors (Lipinski definition) is 3. The molecule has 278 valence electrons. The highest BCUT2D eigenvalue weighted by Crippen LogP contribution is 2.14. The standard InChI is InChI=1S/C41H79NO5/c1-3-5-7-9-11-13-14-15-19-23-27-31-35-41(46)47-36-32-28-24-20-16-18-22-26-30-34-40(45)42-38(37-43)39(44)33-29-25-21-17-12-10-8-6-4-2/h29,33,38-39,43-44H,3-28,30-32,34-37H2,1-2H3,(H,42,45)/b33-29+. The van der Waals surface area contributed by atoms with Crippen molar-refractivity contribution < 1.29 is 24.5 Å². The van der Waals surface area contributed by atoms with Crippen LogP contribution < -0.4 is 5.32 Å². The van der Waals surface area contributed by atoms with Gasteiger partial charge in [0, 0.05) is 12.8 Å². The van der Waals surface area contributed by atoms with E-state index in [4.69, 9.17) is 4.74 Å². The maximum Gasteiger partial charge on any atom is 0.305 e. The highest BCUT2D eigenvalue weighted by Gasteiger charge is 2.18. The fraction of sp³-hybridized carbons (Fsp3) is 0.902. The van der Waals surface area contributed by atoms with Gasteiger partial charge in [0.1, 0.15) is 0 Å². The number of amides is 1. The van der Waals surface area contributed by atoms with Crippen molar-refractivity contribution in [1.29, 1.82) is 0 Å². The van der Waals surface area contributed by atoms with Crippen molar-refractivity contribution in [2.45, 2.75) is 225 Å². The summed E-state index contributed by atoms with van der Waals surface area (Å²) in [5, 5.41) is 22.8. The lowest BCUT2D eigenvalue weighted by atomic mass is 10.0. The maximum atomic E-state index is 12.3. The minimum absolute atomic E-state index is 0.0280. The molecule has 0 fully saturated rings. The van der Waals surface area contributed by atoms with E-state index < -0.39 is 12.1 Å². The summed E-state index contributed by atoms with van der Waals surface area (Å²) in [5.41, 5.74) is 0. The number of nitrogens with one attached hydrogen (secondary N) is 1. The van der Waals surface area contributed by atoms with E-state index in [1.165, 1.54) is 128 Å². The molecule has 0 aliphatic heterocycles. The number of aliphatic hydroxyl groups is 2. The van der Waals surface area contributed by atoms with Gasteiger partial charge in [-0.05, 0) is 32.1 Å². The lowest BCUT2D eigenvalue weighted by molar-refractivity contribution is -0.143. The van der Waals surface area contributed by atoms with Crippen LogP contribution in [0.25, 0.3) is 0 Å². The molecule has 47 heavy (non-hydrogen) atoms. The van der Waals surface area contributed by atoms with Crippen molar-refractivity contribution in [2.75, 3.05) is 13.2 Å². The number of carbonyl (C=O) groups is 2. The van der Waals surface area contributed by atoms with Gasteiger partial charge in [-0.1, -0.05) is 180 Å². The molecule has 0 bridgehead atoms. The first-order valence-electron chi connectivity index (χ1n) is 20.5. The number of hydrogen-bond acceptors (Lipinski definition) is 5. The molecule has 0 aromatic carbocycles. The van der Waals surface area contributed by atoms with Crippen LogP contribution in [0.1, 0.15) is 213 Å². The molecule has 6 heteroatoms. The number of unbranched alkanes of at least 4 members (excludes halogenated alkanes) is 26. The summed E-state index contributed by atoms with van der Waals surface area (Å²) in [7, 11) is 0. The van der Waals surface area contributed by atoms with Gasteiger partial charge in [-0.3, -0.25) is 9.59 Å². The van der Waals surface area contributed by atoms with E-state index in [0.717, 1.165) is 57.8 Å². The molecule has 0 heterocycles. The van der Waals surface area contributed by atoms with Crippen molar-refractivity contribution in [3.05, 3.63) is 12.2 Å². The van der Waals surface area contributed by atoms with Crippen LogP contribution in [0.2, 0.25) is 0 Å². The zero-order chi connectivity index (χ0) is 34.5. The van der Waals surface area contributed by atoms with Crippen LogP contribution in [0.3, 0.4) is 0 Å². The van der Waals surface area contributed by atoms with Gasteiger partial charge in [0.15, 0.2) is 0 Å². The van der Waals surface area contributed by atoms with E-state index in [9.17, 15) is 19.8 Å². The van der Waals surface area contributed by atoms with Crippen molar-refractivity contribution in [2.24, 2.45) is 0 Å². The Morgan fingerprint density at radius 3 is 1.45 bits per heavy atom. The van der Waals surface area contributed by atoms with Crippen molar-refractivity contribution in [3.8, 4) is 0 Å². The molecule has 0 saturated heterocycles. The number of ether oxygens (including phenoxy) is 1. The quantitative estimate of drug-likeness (QED) is 0.0349. The summed E-state index contributed by atoms with van der Waals surface area (Å²) in [6.07, 6.45) is 39.0. The highest BCUT2D eigenvalue weighted by molar-refractivity contribution is 5.76. The molecule has 6 nitrogen and oxygen atoms in total. The Bertz CT molecular complexity index is 697. The van der Waals surface area contributed by atoms with E-state index in [0.29, 0.717) is 19.4 Å². The van der Waals surface area contributed by atoms with Crippen molar-refractivity contribution in [1.82, 2.24) is 5.32 Å². The molecule has 0 aromatic rings. The predicted molar refractivity (Wildman–Crippen MR) is 200 cm³/mol. The largest absolute Gasteiger partial charge is 0.466 e. The van der Waals surface area contributed by atoms with Crippen molar-refractivity contribution in [3.63, 3.8) is 0 Å². The number of aliphatic hydroxyl groups excluding tert-OH is 2. The monoisotopic (exact) mass is 666 g/mol. The van der Waals surface area contributed by atoms with Crippen LogP contribution in [-0.2, 0) is 14.3 Å². The average Bonchev–Trinajstić information content (AvgIpc) is 3.07. The Labute approximate surface area is 291 Å². The van der Waals surface area contributed by atoms with Gasteiger partial charge >= 0.3 is 5.97 Å². The van der Waals surface area contributed by atoms with E-state index in [-0.39, 0.29) is 18.5 Å². The van der Waals surface area contributed by atoms with Crippen LogP contribution in [0.15, 0.2) is 12.2 Å². The fourth-order valence-electron chi connectivity index (χ4n) is 6.10. The first kappa shape index (κ1) is 45.6.